The molecule has 0 N–H and O–H groups in total. The molecule has 1 aromatic carbocycles. The summed E-state index contributed by atoms with van der Waals surface area (Å²) in [6.45, 7) is 1.44. The van der Waals surface area contributed by atoms with E-state index in [2.05, 4.69) is 4.98 Å². The van der Waals surface area contributed by atoms with Gasteiger partial charge in [-0.3, -0.25) is 4.79 Å². The van der Waals surface area contributed by atoms with Crippen molar-refractivity contribution < 1.29 is 27.1 Å². The second-order valence-electron chi connectivity index (χ2n) is 4.29. The molecule has 0 aliphatic carbocycles. The number of hydrogen-bond donors (Lipinski definition) is 0. The topological polar surface area (TPSA) is 52.3 Å². The van der Waals surface area contributed by atoms with E-state index >= 15 is 0 Å². The van der Waals surface area contributed by atoms with E-state index in [0.29, 0.717) is 23.6 Å². The maximum Gasteiger partial charge on any atom is 0.416 e. The predicted molar refractivity (Wildman–Crippen MR) is 67.3 cm³/mol. The van der Waals surface area contributed by atoms with E-state index < -0.39 is 17.7 Å². The number of alkyl halides is 3. The van der Waals surface area contributed by atoms with Crippen molar-refractivity contribution in [2.45, 2.75) is 19.5 Å². The summed E-state index contributed by atoms with van der Waals surface area (Å²) in [5, 5.41) is 0. The summed E-state index contributed by atoms with van der Waals surface area (Å²) < 4.78 is 47.3. The largest absolute Gasteiger partial charge is 0.465 e. The number of halogens is 3. The Morgan fingerprint density at radius 3 is 2.52 bits per heavy atom. The molecular formula is C14H12F3NO3. The van der Waals surface area contributed by atoms with Gasteiger partial charge in [0.1, 0.15) is 12.0 Å². The zero-order chi connectivity index (χ0) is 15.5. The van der Waals surface area contributed by atoms with Gasteiger partial charge in [0.2, 0.25) is 0 Å². The SMILES string of the molecule is CC(=O)OCCc1nc(-c2ccc(C(F)(F)F)cc2)co1. The number of hydrogen-bond acceptors (Lipinski definition) is 4. The Morgan fingerprint density at radius 1 is 1.29 bits per heavy atom. The zero-order valence-electron chi connectivity index (χ0n) is 11.1. The number of ether oxygens (including phenoxy) is 1. The van der Waals surface area contributed by atoms with Crippen LogP contribution in [0.5, 0.6) is 0 Å². The van der Waals surface area contributed by atoms with Gasteiger partial charge in [-0.15, -0.1) is 0 Å². The Bertz CT molecular complexity index is 617. The lowest BCUT2D eigenvalue weighted by Crippen LogP contribution is -2.04. The van der Waals surface area contributed by atoms with Crippen molar-refractivity contribution in [3.8, 4) is 11.3 Å². The van der Waals surface area contributed by atoms with Crippen molar-refractivity contribution in [3.05, 3.63) is 42.0 Å². The first-order valence-corrected chi connectivity index (χ1v) is 6.11. The summed E-state index contributed by atoms with van der Waals surface area (Å²) in [6.07, 6.45) is -2.70. The molecule has 0 saturated heterocycles. The van der Waals surface area contributed by atoms with Crippen LogP contribution >= 0.6 is 0 Å². The lowest BCUT2D eigenvalue weighted by Gasteiger charge is -2.06. The molecule has 2 rings (SSSR count). The zero-order valence-corrected chi connectivity index (χ0v) is 11.1. The second-order valence-corrected chi connectivity index (χ2v) is 4.29. The van der Waals surface area contributed by atoms with Gasteiger partial charge in [-0.1, -0.05) is 12.1 Å². The molecule has 0 aliphatic rings. The summed E-state index contributed by atoms with van der Waals surface area (Å²) in [6, 6.07) is 4.64. The van der Waals surface area contributed by atoms with Gasteiger partial charge in [0.15, 0.2) is 5.89 Å². The fraction of sp³-hybridized carbons (Fsp3) is 0.286. The van der Waals surface area contributed by atoms with Crippen molar-refractivity contribution in [2.75, 3.05) is 6.61 Å². The maximum absolute atomic E-state index is 12.5. The number of esters is 1. The van der Waals surface area contributed by atoms with E-state index in [-0.39, 0.29) is 6.61 Å². The standard InChI is InChI=1S/C14H12F3NO3/c1-9(19)20-7-6-13-18-12(8-21-13)10-2-4-11(5-3-10)14(15,16)17/h2-5,8H,6-7H2,1H3. The van der Waals surface area contributed by atoms with Crippen LogP contribution in [0.4, 0.5) is 13.2 Å². The first-order valence-electron chi connectivity index (χ1n) is 6.11. The van der Waals surface area contributed by atoms with E-state index in [1.165, 1.54) is 25.3 Å². The molecule has 4 nitrogen and oxygen atoms in total. The Kier molecular flexibility index (Phi) is 4.30. The Hall–Kier alpha value is -2.31. The van der Waals surface area contributed by atoms with E-state index in [4.69, 9.17) is 9.15 Å². The molecule has 1 heterocycles. The monoisotopic (exact) mass is 299 g/mol. The minimum Gasteiger partial charge on any atom is -0.465 e. The van der Waals surface area contributed by atoms with Crippen LogP contribution in [0.1, 0.15) is 18.4 Å². The summed E-state index contributed by atoms with van der Waals surface area (Å²) in [7, 11) is 0. The Morgan fingerprint density at radius 2 is 1.95 bits per heavy atom. The van der Waals surface area contributed by atoms with Gasteiger partial charge < -0.3 is 9.15 Å². The minimum absolute atomic E-state index is 0.141. The fourth-order valence-corrected chi connectivity index (χ4v) is 1.67. The first-order chi connectivity index (χ1) is 9.86. The molecule has 0 fully saturated rings. The van der Waals surface area contributed by atoms with Crippen molar-refractivity contribution in [1.82, 2.24) is 4.98 Å². The summed E-state index contributed by atoms with van der Waals surface area (Å²) >= 11 is 0. The number of aromatic nitrogens is 1. The highest BCUT2D eigenvalue weighted by Crippen LogP contribution is 2.30. The molecule has 2 aromatic rings. The van der Waals surface area contributed by atoms with Crippen LogP contribution in [0.15, 0.2) is 34.9 Å². The number of carbonyl (C=O) groups is 1. The van der Waals surface area contributed by atoms with Crippen LogP contribution in [0.3, 0.4) is 0 Å². The van der Waals surface area contributed by atoms with Crippen molar-refractivity contribution in [3.63, 3.8) is 0 Å². The molecule has 7 heteroatoms. The molecule has 112 valence electrons. The summed E-state index contributed by atoms with van der Waals surface area (Å²) in [5.74, 6) is -0.0457. The minimum atomic E-state index is -4.36. The molecule has 0 amide bonds. The van der Waals surface area contributed by atoms with Gasteiger partial charge in [-0.25, -0.2) is 4.98 Å². The van der Waals surface area contributed by atoms with Gasteiger partial charge in [0.25, 0.3) is 0 Å². The molecule has 0 atom stereocenters. The van der Waals surface area contributed by atoms with Crippen molar-refractivity contribution >= 4 is 5.97 Å². The number of benzene rings is 1. The molecule has 0 unspecified atom stereocenters. The maximum atomic E-state index is 12.5. The number of oxazole rings is 1. The molecule has 0 spiro atoms. The molecule has 0 bridgehead atoms. The van der Waals surface area contributed by atoms with Crippen LogP contribution in [0.2, 0.25) is 0 Å². The van der Waals surface area contributed by atoms with Gasteiger partial charge in [-0.2, -0.15) is 13.2 Å². The van der Waals surface area contributed by atoms with Crippen LogP contribution in [-0.4, -0.2) is 17.6 Å². The molecule has 0 radical (unpaired) electrons. The van der Waals surface area contributed by atoms with Crippen LogP contribution in [0.25, 0.3) is 11.3 Å². The van der Waals surface area contributed by atoms with E-state index in [1.807, 2.05) is 0 Å². The fourth-order valence-electron chi connectivity index (χ4n) is 1.67. The highest BCUT2D eigenvalue weighted by Gasteiger charge is 2.30. The first kappa shape index (κ1) is 15.1. The third-order valence-corrected chi connectivity index (χ3v) is 2.68. The predicted octanol–water partition coefficient (Wildman–Crippen LogP) is 3.47. The van der Waals surface area contributed by atoms with Gasteiger partial charge in [-0.05, 0) is 12.1 Å². The smallest absolute Gasteiger partial charge is 0.416 e. The normalized spacial score (nSPS) is 11.4. The third kappa shape index (κ3) is 4.08. The van der Waals surface area contributed by atoms with Gasteiger partial charge >= 0.3 is 12.1 Å². The molecule has 0 saturated carbocycles. The number of rotatable bonds is 4. The van der Waals surface area contributed by atoms with E-state index in [9.17, 15) is 18.0 Å². The third-order valence-electron chi connectivity index (χ3n) is 2.68. The lowest BCUT2D eigenvalue weighted by molar-refractivity contribution is -0.141. The molecular weight excluding hydrogens is 287 g/mol. The average Bonchev–Trinajstić information content (AvgIpc) is 2.86. The average molecular weight is 299 g/mol. The molecule has 0 aliphatic heterocycles. The van der Waals surface area contributed by atoms with Crippen LogP contribution in [-0.2, 0) is 22.1 Å². The number of nitrogens with zero attached hydrogens (tertiary/aromatic N) is 1. The van der Waals surface area contributed by atoms with Crippen LogP contribution in [0, 0.1) is 0 Å². The van der Waals surface area contributed by atoms with Gasteiger partial charge in [0, 0.05) is 12.5 Å². The van der Waals surface area contributed by atoms with Crippen molar-refractivity contribution in [2.24, 2.45) is 0 Å². The van der Waals surface area contributed by atoms with Crippen LogP contribution < -0.4 is 0 Å². The quantitative estimate of drug-likeness (QED) is 0.811. The highest BCUT2D eigenvalue weighted by molar-refractivity contribution is 5.65. The Balaban J connectivity index is 2.05. The second kappa shape index (κ2) is 5.99. The lowest BCUT2D eigenvalue weighted by atomic mass is 10.1. The van der Waals surface area contributed by atoms with E-state index in [0.717, 1.165) is 12.1 Å². The molecule has 21 heavy (non-hydrogen) atoms. The molecule has 1 aromatic heterocycles. The summed E-state index contributed by atoms with van der Waals surface area (Å²) in [4.78, 5) is 14.7. The summed E-state index contributed by atoms with van der Waals surface area (Å²) in [5.41, 5.74) is 0.233. The van der Waals surface area contributed by atoms with E-state index in [1.54, 1.807) is 0 Å². The Labute approximate surface area is 118 Å². The number of carbonyl (C=O) groups excluding carboxylic acids is 1. The highest BCUT2D eigenvalue weighted by atomic mass is 19.4. The van der Waals surface area contributed by atoms with Gasteiger partial charge in [0.05, 0.1) is 18.6 Å². The van der Waals surface area contributed by atoms with Crippen molar-refractivity contribution in [1.29, 1.82) is 0 Å².